The summed E-state index contributed by atoms with van der Waals surface area (Å²) in [6.07, 6.45) is 8.52. The molecule has 0 saturated carbocycles. The van der Waals surface area contributed by atoms with Crippen LogP contribution in [0.1, 0.15) is 73.9 Å². The summed E-state index contributed by atoms with van der Waals surface area (Å²) in [5, 5.41) is 9.76. The highest BCUT2D eigenvalue weighted by molar-refractivity contribution is 8.00. The van der Waals surface area contributed by atoms with E-state index < -0.39 is 5.97 Å². The predicted molar refractivity (Wildman–Crippen MR) is 130 cm³/mol. The number of allylic oxidation sites excluding steroid dienone is 2. The van der Waals surface area contributed by atoms with Gasteiger partial charge >= 0.3 is 5.97 Å². The number of hydrogen-bond donors (Lipinski definition) is 1. The van der Waals surface area contributed by atoms with Crippen molar-refractivity contribution in [1.29, 1.82) is 0 Å². The third kappa shape index (κ3) is 3.72. The van der Waals surface area contributed by atoms with Gasteiger partial charge in [0.05, 0.1) is 30.0 Å². The van der Waals surface area contributed by atoms with Crippen LogP contribution in [0.15, 0.2) is 18.3 Å². The molecule has 6 heteroatoms. The number of benzene rings is 1. The summed E-state index contributed by atoms with van der Waals surface area (Å²) in [5.41, 5.74) is 9.11. The highest BCUT2D eigenvalue weighted by Crippen LogP contribution is 2.53. The Kier molecular flexibility index (Phi) is 5.86. The summed E-state index contributed by atoms with van der Waals surface area (Å²) >= 11 is 1.58. The Balaban J connectivity index is 2.07. The molecule has 1 aliphatic carbocycles. The quantitative estimate of drug-likeness (QED) is 0.510. The van der Waals surface area contributed by atoms with Crippen LogP contribution < -0.4 is 4.31 Å². The first-order chi connectivity index (χ1) is 15.1. The third-order valence-corrected chi connectivity index (χ3v) is 7.95. The zero-order valence-corrected chi connectivity index (χ0v) is 20.5. The molecule has 4 nitrogen and oxygen atoms in total. The summed E-state index contributed by atoms with van der Waals surface area (Å²) in [4.78, 5) is 16.4. The fraction of sp³-hybridized carbons (Fsp3) is 0.462. The largest absolute Gasteiger partial charge is 0.481 e. The number of rotatable bonds is 4. The van der Waals surface area contributed by atoms with E-state index in [1.165, 1.54) is 11.8 Å². The molecule has 1 aromatic heterocycles. The SMILES string of the molecule is CSN1c2c(C)c(CC(=O)O)c(C3=CCC(C)(C)CC3)c(C)c2-c2ncc(F)cc2C1C. The lowest BCUT2D eigenvalue weighted by Crippen LogP contribution is -2.27. The minimum absolute atomic E-state index is 0.0175. The maximum Gasteiger partial charge on any atom is 0.307 e. The lowest BCUT2D eigenvalue weighted by atomic mass is 9.74. The van der Waals surface area contributed by atoms with Crippen LogP contribution in [-0.4, -0.2) is 22.3 Å². The first-order valence-corrected chi connectivity index (χ1v) is 12.3. The molecule has 1 N–H and O–H groups in total. The Morgan fingerprint density at radius 1 is 1.31 bits per heavy atom. The van der Waals surface area contributed by atoms with Gasteiger partial charge in [0.25, 0.3) is 0 Å². The number of carbonyl (C=O) groups is 1. The molecular formula is C26H31FN2O2S. The van der Waals surface area contributed by atoms with Crippen molar-refractivity contribution < 1.29 is 14.3 Å². The summed E-state index contributed by atoms with van der Waals surface area (Å²) < 4.78 is 16.3. The molecule has 1 aliphatic heterocycles. The normalized spacial score (nSPS) is 19.3. The van der Waals surface area contributed by atoms with Crippen LogP contribution >= 0.6 is 11.9 Å². The van der Waals surface area contributed by atoms with E-state index in [-0.39, 0.29) is 23.7 Å². The molecule has 2 heterocycles. The second-order valence-electron chi connectivity index (χ2n) is 9.77. The molecule has 2 aliphatic rings. The monoisotopic (exact) mass is 454 g/mol. The third-order valence-electron chi connectivity index (χ3n) is 7.06. The predicted octanol–water partition coefficient (Wildman–Crippen LogP) is 6.88. The molecule has 0 spiro atoms. The minimum Gasteiger partial charge on any atom is -0.481 e. The van der Waals surface area contributed by atoms with Crippen molar-refractivity contribution in [2.45, 2.75) is 66.3 Å². The van der Waals surface area contributed by atoms with Gasteiger partial charge in [0.15, 0.2) is 0 Å². The van der Waals surface area contributed by atoms with Crippen LogP contribution in [0.2, 0.25) is 0 Å². The van der Waals surface area contributed by atoms with Crippen molar-refractivity contribution in [2.75, 3.05) is 10.6 Å². The Bertz CT molecular complexity index is 1140. The zero-order chi connectivity index (χ0) is 23.4. The lowest BCUT2D eigenvalue weighted by molar-refractivity contribution is -0.136. The number of nitrogens with zero attached hydrogens (tertiary/aromatic N) is 2. The van der Waals surface area contributed by atoms with E-state index in [9.17, 15) is 14.3 Å². The second-order valence-corrected chi connectivity index (χ2v) is 10.5. The second kappa shape index (κ2) is 8.22. The van der Waals surface area contributed by atoms with Crippen LogP contribution in [-0.2, 0) is 11.2 Å². The highest BCUT2D eigenvalue weighted by Gasteiger charge is 2.36. The van der Waals surface area contributed by atoms with E-state index >= 15 is 0 Å². The molecule has 0 bridgehead atoms. The summed E-state index contributed by atoms with van der Waals surface area (Å²) in [6, 6.07) is 1.51. The molecule has 1 unspecified atom stereocenters. The van der Waals surface area contributed by atoms with Gasteiger partial charge in [-0.05, 0) is 79.3 Å². The van der Waals surface area contributed by atoms with Crippen LogP contribution in [0.4, 0.5) is 10.1 Å². The first kappa shape index (κ1) is 22.8. The molecule has 0 saturated heterocycles. The number of aliphatic carboxylic acids is 1. The molecule has 0 fully saturated rings. The van der Waals surface area contributed by atoms with E-state index in [1.54, 1.807) is 18.0 Å². The van der Waals surface area contributed by atoms with E-state index in [2.05, 4.69) is 36.1 Å². The number of pyridine rings is 1. The van der Waals surface area contributed by atoms with Crippen molar-refractivity contribution in [1.82, 2.24) is 4.98 Å². The Hall–Kier alpha value is -2.34. The van der Waals surface area contributed by atoms with Crippen molar-refractivity contribution in [2.24, 2.45) is 5.41 Å². The van der Waals surface area contributed by atoms with Crippen molar-refractivity contribution >= 4 is 29.2 Å². The van der Waals surface area contributed by atoms with Crippen LogP contribution in [0, 0.1) is 25.1 Å². The van der Waals surface area contributed by atoms with Gasteiger partial charge in [-0.3, -0.25) is 9.78 Å². The topological polar surface area (TPSA) is 53.4 Å². The summed E-state index contributed by atoms with van der Waals surface area (Å²) in [5.74, 6) is -1.17. The number of halogens is 1. The van der Waals surface area contributed by atoms with E-state index in [0.717, 1.165) is 64.0 Å². The Morgan fingerprint density at radius 2 is 2.03 bits per heavy atom. The van der Waals surface area contributed by atoms with Gasteiger partial charge in [-0.1, -0.05) is 31.9 Å². The first-order valence-electron chi connectivity index (χ1n) is 11.1. The Morgan fingerprint density at radius 3 is 2.62 bits per heavy atom. The van der Waals surface area contributed by atoms with E-state index in [4.69, 9.17) is 0 Å². The maximum atomic E-state index is 14.1. The molecule has 170 valence electrons. The van der Waals surface area contributed by atoms with Gasteiger partial charge < -0.3 is 9.41 Å². The van der Waals surface area contributed by atoms with Gasteiger partial charge in [0, 0.05) is 17.4 Å². The fourth-order valence-electron chi connectivity index (χ4n) is 5.27. The number of anilines is 1. The smallest absolute Gasteiger partial charge is 0.307 e. The molecule has 1 atom stereocenters. The van der Waals surface area contributed by atoms with Crippen molar-refractivity contribution in [3.05, 3.63) is 52.0 Å². The molecule has 0 amide bonds. The number of hydrogen-bond acceptors (Lipinski definition) is 4. The maximum absolute atomic E-state index is 14.1. The molecule has 1 aromatic carbocycles. The van der Waals surface area contributed by atoms with Gasteiger partial charge in [0.2, 0.25) is 0 Å². The van der Waals surface area contributed by atoms with E-state index in [0.29, 0.717) is 0 Å². The molecule has 2 aromatic rings. The average Bonchev–Trinajstić information content (AvgIpc) is 2.72. The standard InChI is InChI=1S/C26H31FN2O2S/c1-14-19(12-21(30)31)22(17-7-9-26(4,5)10-8-17)15(2)23-24-20(11-18(27)13-28-24)16(3)29(32-6)25(14)23/h7,11,13,16H,8-10,12H2,1-6H3,(H,30,31). The van der Waals surface area contributed by atoms with Crippen LogP contribution in [0.3, 0.4) is 0 Å². The van der Waals surface area contributed by atoms with Gasteiger partial charge in [0.1, 0.15) is 5.82 Å². The van der Waals surface area contributed by atoms with Crippen LogP contribution in [0.5, 0.6) is 0 Å². The van der Waals surface area contributed by atoms with Gasteiger partial charge in [-0.15, -0.1) is 0 Å². The number of aromatic nitrogens is 1. The summed E-state index contributed by atoms with van der Waals surface area (Å²) in [6.45, 7) is 10.7. The van der Waals surface area contributed by atoms with E-state index in [1.807, 2.05) is 20.1 Å². The Labute approximate surface area is 194 Å². The zero-order valence-electron chi connectivity index (χ0n) is 19.7. The average molecular weight is 455 g/mol. The summed E-state index contributed by atoms with van der Waals surface area (Å²) in [7, 11) is 0. The minimum atomic E-state index is -0.828. The van der Waals surface area contributed by atoms with Gasteiger partial charge in [-0.25, -0.2) is 4.39 Å². The number of carboxylic acid groups (broad SMARTS) is 1. The van der Waals surface area contributed by atoms with Crippen molar-refractivity contribution in [3.63, 3.8) is 0 Å². The van der Waals surface area contributed by atoms with Gasteiger partial charge in [-0.2, -0.15) is 0 Å². The fourth-order valence-corrected chi connectivity index (χ4v) is 6.11. The molecule has 4 rings (SSSR count). The highest BCUT2D eigenvalue weighted by atomic mass is 32.2. The lowest BCUT2D eigenvalue weighted by Gasteiger charge is -2.40. The molecule has 32 heavy (non-hydrogen) atoms. The number of carboxylic acids is 1. The number of fused-ring (bicyclic) bond motifs is 3. The van der Waals surface area contributed by atoms with Crippen molar-refractivity contribution in [3.8, 4) is 11.3 Å². The van der Waals surface area contributed by atoms with Crippen LogP contribution in [0.25, 0.3) is 16.8 Å². The molecule has 0 radical (unpaired) electrons. The molecular weight excluding hydrogens is 423 g/mol.